The Bertz CT molecular complexity index is 1410. The lowest BCUT2D eigenvalue weighted by Crippen LogP contribution is -2.40. The van der Waals surface area contributed by atoms with Gasteiger partial charge in [0.2, 0.25) is 0 Å². The van der Waals surface area contributed by atoms with Gasteiger partial charge >= 0.3 is 10.1 Å². The molecule has 1 aliphatic rings. The van der Waals surface area contributed by atoms with Crippen molar-refractivity contribution in [3.8, 4) is 11.5 Å². The molecule has 3 rings (SSSR count). The molecule has 1 fully saturated rings. The number of allylic oxidation sites excluding steroid dienone is 4. The standard InChI is InChI=1S/C29H32BrClO6S/c1-17(14-15-29(5)18(2)7-13-25(33)20(29)4)6-12-23-27(34)24(16-32)19(3)26(31)28(23)37-38(35,36)22-10-8-21(30)9-11-22/h6,8-11,14-16,18,20,34H,7,12-13H2,1-5H3. The van der Waals surface area contributed by atoms with Crippen LogP contribution in [-0.4, -0.2) is 25.6 Å². The number of carbonyl (C=O) groups is 2. The van der Waals surface area contributed by atoms with E-state index in [-0.39, 0.29) is 61.6 Å². The highest BCUT2D eigenvalue weighted by Gasteiger charge is 2.41. The van der Waals surface area contributed by atoms with Gasteiger partial charge in [0.1, 0.15) is 16.4 Å². The quantitative estimate of drug-likeness (QED) is 0.187. The SMILES string of the molecule is CC(C=CC1(C)C(C)CCC(=O)C1C)=CCc1c(O)c(C=O)c(C)c(Cl)c1OS(=O)(=O)c1ccc(Br)cc1. The molecule has 38 heavy (non-hydrogen) atoms. The van der Waals surface area contributed by atoms with Crippen molar-refractivity contribution >= 4 is 49.7 Å². The van der Waals surface area contributed by atoms with Gasteiger partial charge in [0.05, 0.1) is 10.6 Å². The lowest BCUT2D eigenvalue weighted by molar-refractivity contribution is -0.129. The van der Waals surface area contributed by atoms with Crippen molar-refractivity contribution in [2.75, 3.05) is 0 Å². The fourth-order valence-electron chi connectivity index (χ4n) is 4.66. The van der Waals surface area contributed by atoms with Crippen molar-refractivity contribution in [2.45, 2.75) is 58.8 Å². The van der Waals surface area contributed by atoms with Crippen LogP contribution in [-0.2, 0) is 21.3 Å². The van der Waals surface area contributed by atoms with E-state index in [0.29, 0.717) is 23.1 Å². The van der Waals surface area contributed by atoms with E-state index in [4.69, 9.17) is 15.8 Å². The fourth-order valence-corrected chi connectivity index (χ4v) is 6.19. The highest BCUT2D eigenvalue weighted by atomic mass is 79.9. The first kappa shape index (κ1) is 30.1. The van der Waals surface area contributed by atoms with E-state index in [1.165, 1.54) is 19.1 Å². The van der Waals surface area contributed by atoms with Gasteiger partial charge in [-0.05, 0) is 67.9 Å². The van der Waals surface area contributed by atoms with Crippen LogP contribution in [0.2, 0.25) is 5.02 Å². The van der Waals surface area contributed by atoms with Crippen LogP contribution in [0.1, 0.15) is 62.0 Å². The molecule has 2 aromatic rings. The largest absolute Gasteiger partial charge is 0.507 e. The Morgan fingerprint density at radius 1 is 1.26 bits per heavy atom. The lowest BCUT2D eigenvalue weighted by Gasteiger charge is -2.42. The molecule has 1 saturated carbocycles. The van der Waals surface area contributed by atoms with E-state index in [1.807, 2.05) is 19.9 Å². The average Bonchev–Trinajstić information content (AvgIpc) is 2.87. The topological polar surface area (TPSA) is 97.7 Å². The van der Waals surface area contributed by atoms with Gasteiger partial charge in [0.15, 0.2) is 12.0 Å². The summed E-state index contributed by atoms with van der Waals surface area (Å²) in [5.41, 5.74) is 0.793. The summed E-state index contributed by atoms with van der Waals surface area (Å²) < 4.78 is 32.2. The summed E-state index contributed by atoms with van der Waals surface area (Å²) in [5.74, 6) is -0.128. The van der Waals surface area contributed by atoms with E-state index in [2.05, 4.69) is 35.9 Å². The number of halogens is 2. The van der Waals surface area contributed by atoms with Gasteiger partial charge in [-0.25, -0.2) is 0 Å². The number of Topliss-reactive ketones (excluding diaryl/α,β-unsaturated/α-hetero) is 1. The Hall–Kier alpha value is -2.42. The van der Waals surface area contributed by atoms with Crippen molar-refractivity contribution in [3.05, 3.63) is 74.3 Å². The van der Waals surface area contributed by atoms with Crippen molar-refractivity contribution in [2.24, 2.45) is 17.3 Å². The van der Waals surface area contributed by atoms with Gasteiger partial charge in [-0.2, -0.15) is 8.42 Å². The first-order chi connectivity index (χ1) is 17.7. The summed E-state index contributed by atoms with van der Waals surface area (Å²) in [6.45, 7) is 9.57. The molecular formula is C29H32BrClO6S. The third-order valence-corrected chi connectivity index (χ3v) is 10.0. The molecule has 0 aromatic heterocycles. The van der Waals surface area contributed by atoms with Crippen LogP contribution >= 0.6 is 27.5 Å². The van der Waals surface area contributed by atoms with Crippen molar-refractivity contribution in [1.29, 1.82) is 0 Å². The van der Waals surface area contributed by atoms with Gasteiger partial charge < -0.3 is 9.29 Å². The first-order valence-corrected chi connectivity index (χ1v) is 14.9. The minimum absolute atomic E-state index is 0.0316. The van der Waals surface area contributed by atoms with Crippen molar-refractivity contribution in [1.82, 2.24) is 0 Å². The highest BCUT2D eigenvalue weighted by Crippen LogP contribution is 2.45. The molecule has 3 atom stereocenters. The normalized spacial score (nSPS) is 22.6. The smallest absolute Gasteiger partial charge is 0.339 e. The summed E-state index contributed by atoms with van der Waals surface area (Å²) in [5, 5.41) is 10.8. The maximum atomic E-state index is 13.0. The third kappa shape index (κ3) is 6.08. The number of phenols is 1. The van der Waals surface area contributed by atoms with Crippen molar-refractivity contribution < 1.29 is 27.3 Å². The van der Waals surface area contributed by atoms with Crippen LogP contribution in [0.25, 0.3) is 0 Å². The van der Waals surface area contributed by atoms with E-state index in [9.17, 15) is 23.1 Å². The summed E-state index contributed by atoms with van der Waals surface area (Å²) in [6, 6.07) is 5.90. The Labute approximate surface area is 238 Å². The van der Waals surface area contributed by atoms with Gasteiger partial charge in [-0.1, -0.05) is 72.1 Å². The number of hydrogen-bond donors (Lipinski definition) is 1. The number of phenolic OH excluding ortho intramolecular Hbond substituents is 1. The molecule has 0 bridgehead atoms. The number of rotatable bonds is 8. The minimum atomic E-state index is -4.29. The monoisotopic (exact) mass is 622 g/mol. The number of aromatic hydroxyl groups is 1. The predicted octanol–water partition coefficient (Wildman–Crippen LogP) is 7.38. The summed E-state index contributed by atoms with van der Waals surface area (Å²) >= 11 is 9.75. The molecule has 0 heterocycles. The molecule has 3 unspecified atom stereocenters. The molecule has 9 heteroatoms. The average molecular weight is 624 g/mol. The van der Waals surface area contributed by atoms with E-state index >= 15 is 0 Å². The zero-order valence-electron chi connectivity index (χ0n) is 22.0. The molecule has 204 valence electrons. The Balaban J connectivity index is 2.00. The molecule has 1 aliphatic carbocycles. The van der Waals surface area contributed by atoms with Crippen LogP contribution in [0.3, 0.4) is 0 Å². The Morgan fingerprint density at radius 2 is 1.89 bits per heavy atom. The number of ketones is 1. The number of hydrogen-bond acceptors (Lipinski definition) is 6. The molecule has 0 radical (unpaired) electrons. The Kier molecular flexibility index (Phi) is 9.32. The van der Waals surface area contributed by atoms with Crippen molar-refractivity contribution in [3.63, 3.8) is 0 Å². The first-order valence-electron chi connectivity index (χ1n) is 12.3. The zero-order chi connectivity index (χ0) is 28.4. The van der Waals surface area contributed by atoms with Crippen LogP contribution in [0, 0.1) is 24.2 Å². The second-order valence-corrected chi connectivity index (χ2v) is 12.9. The molecule has 1 N–H and O–H groups in total. The maximum Gasteiger partial charge on any atom is 0.339 e. The summed E-state index contributed by atoms with van der Waals surface area (Å²) in [6.07, 6.45) is 7.73. The zero-order valence-corrected chi connectivity index (χ0v) is 25.2. The number of carbonyl (C=O) groups excluding carboxylic acids is 2. The van der Waals surface area contributed by atoms with Gasteiger partial charge in [0.25, 0.3) is 0 Å². The second kappa shape index (κ2) is 11.8. The lowest BCUT2D eigenvalue weighted by atomic mass is 9.61. The van der Waals surface area contributed by atoms with Crippen LogP contribution in [0.5, 0.6) is 11.5 Å². The third-order valence-electron chi connectivity index (χ3n) is 7.80. The van der Waals surface area contributed by atoms with Crippen LogP contribution in [0.4, 0.5) is 0 Å². The van der Waals surface area contributed by atoms with E-state index in [0.717, 1.165) is 12.0 Å². The summed E-state index contributed by atoms with van der Waals surface area (Å²) in [7, 11) is -4.29. The van der Waals surface area contributed by atoms with Crippen LogP contribution < -0.4 is 4.18 Å². The minimum Gasteiger partial charge on any atom is -0.507 e. The van der Waals surface area contributed by atoms with Gasteiger partial charge in [-0.15, -0.1) is 0 Å². The molecule has 2 aromatic carbocycles. The van der Waals surface area contributed by atoms with E-state index < -0.39 is 10.1 Å². The van der Waals surface area contributed by atoms with Gasteiger partial charge in [0, 0.05) is 22.4 Å². The highest BCUT2D eigenvalue weighted by molar-refractivity contribution is 9.10. The number of aldehydes is 1. The van der Waals surface area contributed by atoms with Crippen LogP contribution in [0.15, 0.2) is 57.4 Å². The van der Waals surface area contributed by atoms with E-state index in [1.54, 1.807) is 18.2 Å². The predicted molar refractivity (Wildman–Crippen MR) is 152 cm³/mol. The maximum absolute atomic E-state index is 13.0. The molecule has 0 spiro atoms. The molecule has 6 nitrogen and oxygen atoms in total. The number of benzene rings is 2. The second-order valence-electron chi connectivity index (χ2n) is 10.1. The fraction of sp³-hybridized carbons (Fsp3) is 0.379. The molecule has 0 aliphatic heterocycles. The molecular weight excluding hydrogens is 592 g/mol. The summed E-state index contributed by atoms with van der Waals surface area (Å²) in [4.78, 5) is 24.0. The molecule has 0 amide bonds. The molecule has 0 saturated heterocycles. The Morgan fingerprint density at radius 3 is 2.50 bits per heavy atom. The van der Waals surface area contributed by atoms with Gasteiger partial charge in [-0.3, -0.25) is 9.59 Å².